The van der Waals surface area contributed by atoms with Gasteiger partial charge in [-0.2, -0.15) is 13.2 Å². The summed E-state index contributed by atoms with van der Waals surface area (Å²) in [4.78, 5) is 36.8. The third kappa shape index (κ3) is 5.73. The van der Waals surface area contributed by atoms with E-state index in [1.165, 1.54) is 0 Å². The molecule has 0 bridgehead atoms. The van der Waals surface area contributed by atoms with Gasteiger partial charge in [-0.05, 0) is 17.7 Å². The number of piperazine rings is 1. The highest BCUT2D eigenvalue weighted by atomic mass is 35.5. The molecule has 36 heavy (non-hydrogen) atoms. The monoisotopic (exact) mass is 524 g/mol. The van der Waals surface area contributed by atoms with Crippen LogP contribution in [0.3, 0.4) is 0 Å². The predicted molar refractivity (Wildman–Crippen MR) is 130 cm³/mol. The Balaban J connectivity index is 1.52. The maximum atomic E-state index is 13.8. The fraction of sp³-hybridized carbons (Fsp3) is 0.500. The Labute approximate surface area is 212 Å². The topological polar surface area (TPSA) is 90.5 Å². The molecule has 2 aliphatic rings. The van der Waals surface area contributed by atoms with Crippen molar-refractivity contribution in [3.8, 4) is 0 Å². The second-order valence-electron chi connectivity index (χ2n) is 9.29. The summed E-state index contributed by atoms with van der Waals surface area (Å²) in [5.74, 6) is -3.16. The van der Waals surface area contributed by atoms with E-state index in [-0.39, 0.29) is 29.1 Å². The summed E-state index contributed by atoms with van der Waals surface area (Å²) in [6, 6.07) is 7.36. The van der Waals surface area contributed by atoms with Gasteiger partial charge in [0.25, 0.3) is 0 Å². The van der Waals surface area contributed by atoms with Crippen LogP contribution in [0.5, 0.6) is 0 Å². The van der Waals surface area contributed by atoms with Crippen molar-refractivity contribution in [1.82, 2.24) is 20.2 Å². The van der Waals surface area contributed by atoms with Gasteiger partial charge >= 0.3 is 6.18 Å². The summed E-state index contributed by atoms with van der Waals surface area (Å²) >= 11 is 6.02. The first-order valence-electron chi connectivity index (χ1n) is 11.8. The van der Waals surface area contributed by atoms with Crippen LogP contribution >= 0.6 is 11.6 Å². The first kappa shape index (κ1) is 26.2. The number of halogens is 4. The molecule has 0 spiro atoms. The highest BCUT2D eigenvalue weighted by Gasteiger charge is 2.48. The van der Waals surface area contributed by atoms with Crippen molar-refractivity contribution in [3.05, 3.63) is 46.7 Å². The SMILES string of the molecule is CC(C)NC[C@@H](C(=O)N1CCN(c2ncnc3c2C(C(F)(F)F)CC(=O)N3)CC1)c1ccc(Cl)cc1. The van der Waals surface area contributed by atoms with E-state index < -0.39 is 30.3 Å². The molecule has 4 rings (SSSR count). The first-order chi connectivity index (χ1) is 17.0. The largest absolute Gasteiger partial charge is 0.396 e. The lowest BCUT2D eigenvalue weighted by atomic mass is 9.91. The van der Waals surface area contributed by atoms with Gasteiger partial charge in [0.15, 0.2) is 0 Å². The van der Waals surface area contributed by atoms with Gasteiger partial charge in [0.2, 0.25) is 11.8 Å². The Morgan fingerprint density at radius 1 is 1.17 bits per heavy atom. The first-order valence-corrected chi connectivity index (χ1v) is 12.2. The molecule has 0 aliphatic carbocycles. The molecule has 8 nitrogen and oxygen atoms in total. The maximum Gasteiger partial charge on any atom is 0.396 e. The molecule has 2 aliphatic heterocycles. The number of rotatable bonds is 6. The molecule has 194 valence electrons. The number of nitrogens with zero attached hydrogens (tertiary/aromatic N) is 4. The molecule has 2 amide bonds. The summed E-state index contributed by atoms with van der Waals surface area (Å²) < 4.78 is 41.4. The molecular formula is C24H28ClF3N6O2. The van der Waals surface area contributed by atoms with Gasteiger partial charge in [0.05, 0.1) is 17.4 Å². The average Bonchev–Trinajstić information content (AvgIpc) is 2.83. The van der Waals surface area contributed by atoms with Crippen LogP contribution in [0.25, 0.3) is 0 Å². The van der Waals surface area contributed by atoms with Crippen LogP contribution in [0.1, 0.15) is 43.2 Å². The number of benzene rings is 1. The van der Waals surface area contributed by atoms with E-state index in [1.807, 2.05) is 26.0 Å². The van der Waals surface area contributed by atoms with E-state index in [1.54, 1.807) is 21.9 Å². The summed E-state index contributed by atoms with van der Waals surface area (Å²) in [5, 5.41) is 6.33. The molecule has 2 N–H and O–H groups in total. The van der Waals surface area contributed by atoms with Gasteiger partial charge in [-0.1, -0.05) is 37.6 Å². The third-order valence-electron chi connectivity index (χ3n) is 6.45. The number of carbonyl (C=O) groups excluding carboxylic acids is 2. The Morgan fingerprint density at radius 3 is 2.44 bits per heavy atom. The third-order valence-corrected chi connectivity index (χ3v) is 6.70. The van der Waals surface area contributed by atoms with Crippen LogP contribution in [0.2, 0.25) is 5.02 Å². The molecule has 1 fully saturated rings. The molecule has 0 radical (unpaired) electrons. The Bertz CT molecular complexity index is 1100. The number of amides is 2. The molecule has 2 aromatic rings. The van der Waals surface area contributed by atoms with Crippen molar-refractivity contribution in [2.75, 3.05) is 42.9 Å². The van der Waals surface area contributed by atoms with E-state index in [4.69, 9.17) is 11.6 Å². The number of alkyl halides is 3. The van der Waals surface area contributed by atoms with Crippen LogP contribution in [-0.2, 0) is 9.59 Å². The standard InChI is InChI=1S/C24H28ClF3N6O2/c1-14(2)29-12-17(15-3-5-16(25)6-4-15)23(36)34-9-7-33(8-10-34)22-20-18(24(26,27)28)11-19(35)32-21(20)30-13-31-22/h3-6,13-14,17-18,29H,7-12H2,1-2H3,(H,30,31,32,35)/t17-,18?/m1/s1. The number of carbonyl (C=O) groups is 2. The van der Waals surface area contributed by atoms with Gasteiger partial charge in [-0.3, -0.25) is 9.59 Å². The quantitative estimate of drug-likeness (QED) is 0.601. The summed E-state index contributed by atoms with van der Waals surface area (Å²) in [6.07, 6.45) is -4.17. The normalized spacial score (nSPS) is 19.2. The molecule has 3 heterocycles. The fourth-order valence-corrected chi connectivity index (χ4v) is 4.69. The summed E-state index contributed by atoms with van der Waals surface area (Å²) in [5.41, 5.74) is 0.721. The molecule has 1 saturated heterocycles. The number of aromatic nitrogens is 2. The van der Waals surface area contributed by atoms with Gasteiger partial charge in [0.1, 0.15) is 18.0 Å². The number of hydrogen-bond acceptors (Lipinski definition) is 6. The van der Waals surface area contributed by atoms with Gasteiger partial charge in [0, 0.05) is 50.2 Å². The van der Waals surface area contributed by atoms with Gasteiger partial charge in [-0.15, -0.1) is 0 Å². The second kappa shape index (κ2) is 10.6. The van der Waals surface area contributed by atoms with Gasteiger partial charge in [-0.25, -0.2) is 9.97 Å². The average molecular weight is 525 g/mol. The van der Waals surface area contributed by atoms with Gasteiger partial charge < -0.3 is 20.4 Å². The van der Waals surface area contributed by atoms with Crippen LogP contribution in [0.15, 0.2) is 30.6 Å². The van der Waals surface area contributed by atoms with E-state index in [0.29, 0.717) is 37.7 Å². The predicted octanol–water partition coefficient (Wildman–Crippen LogP) is 3.55. The van der Waals surface area contributed by atoms with Crippen LogP contribution in [0.4, 0.5) is 24.8 Å². The second-order valence-corrected chi connectivity index (χ2v) is 9.72. The highest BCUT2D eigenvalue weighted by molar-refractivity contribution is 6.30. The van der Waals surface area contributed by atoms with E-state index >= 15 is 0 Å². The smallest absolute Gasteiger partial charge is 0.353 e. The van der Waals surface area contributed by atoms with Crippen LogP contribution < -0.4 is 15.5 Å². The minimum atomic E-state index is -4.61. The number of hydrogen-bond donors (Lipinski definition) is 2. The molecule has 1 aromatic carbocycles. The Kier molecular flexibility index (Phi) is 7.70. The van der Waals surface area contributed by atoms with Crippen molar-refractivity contribution in [2.45, 2.75) is 44.3 Å². The molecule has 2 atom stereocenters. The lowest BCUT2D eigenvalue weighted by Crippen LogP contribution is -2.52. The van der Waals surface area contributed by atoms with Crippen molar-refractivity contribution in [1.29, 1.82) is 0 Å². The summed E-state index contributed by atoms with van der Waals surface area (Å²) in [7, 11) is 0. The number of anilines is 2. The molecule has 1 unspecified atom stereocenters. The fourth-order valence-electron chi connectivity index (χ4n) is 4.56. The molecule has 0 saturated carbocycles. The van der Waals surface area contributed by atoms with Crippen LogP contribution in [-0.4, -0.2) is 71.6 Å². The lowest BCUT2D eigenvalue weighted by Gasteiger charge is -2.39. The molecular weight excluding hydrogens is 497 g/mol. The molecule has 12 heteroatoms. The van der Waals surface area contributed by atoms with Crippen molar-refractivity contribution in [3.63, 3.8) is 0 Å². The molecule has 1 aromatic heterocycles. The number of nitrogens with one attached hydrogen (secondary N) is 2. The number of fused-ring (bicyclic) bond motifs is 1. The van der Waals surface area contributed by atoms with Crippen molar-refractivity contribution < 1.29 is 22.8 Å². The van der Waals surface area contributed by atoms with Crippen molar-refractivity contribution in [2.24, 2.45) is 0 Å². The Morgan fingerprint density at radius 2 is 1.83 bits per heavy atom. The van der Waals surface area contributed by atoms with E-state index in [0.717, 1.165) is 11.9 Å². The zero-order chi connectivity index (χ0) is 26.0. The Hall–Kier alpha value is -2.92. The zero-order valence-corrected chi connectivity index (χ0v) is 20.7. The summed E-state index contributed by atoms with van der Waals surface area (Å²) in [6.45, 7) is 5.71. The maximum absolute atomic E-state index is 13.8. The minimum Gasteiger partial charge on any atom is -0.353 e. The zero-order valence-electron chi connectivity index (χ0n) is 20.0. The van der Waals surface area contributed by atoms with E-state index in [9.17, 15) is 22.8 Å². The minimum absolute atomic E-state index is 0.0599. The highest BCUT2D eigenvalue weighted by Crippen LogP contribution is 2.46. The van der Waals surface area contributed by atoms with Crippen molar-refractivity contribution >= 4 is 35.1 Å². The van der Waals surface area contributed by atoms with Crippen LogP contribution in [0, 0.1) is 0 Å². The lowest BCUT2D eigenvalue weighted by molar-refractivity contribution is -0.156. The van der Waals surface area contributed by atoms with E-state index in [2.05, 4.69) is 20.6 Å².